The zero-order chi connectivity index (χ0) is 18.1. The van der Waals surface area contributed by atoms with Crippen LogP contribution in [-0.4, -0.2) is 35.1 Å². The number of aromatic carboxylic acids is 1. The molecule has 0 aromatic heterocycles. The first kappa shape index (κ1) is 16.6. The molecule has 1 saturated carbocycles. The highest BCUT2D eigenvalue weighted by atomic mass is 16.4. The predicted octanol–water partition coefficient (Wildman–Crippen LogP) is 4.04. The summed E-state index contributed by atoms with van der Waals surface area (Å²) in [5.41, 5.74) is 2.25. The fraction of sp³-hybridized carbons (Fsp3) is 0.333. The number of nitrogens with zero attached hydrogens (tertiary/aromatic N) is 1. The third-order valence-electron chi connectivity index (χ3n) is 5.69. The maximum absolute atomic E-state index is 12.5. The van der Waals surface area contributed by atoms with Gasteiger partial charge in [-0.1, -0.05) is 30.3 Å². The molecule has 0 spiro atoms. The lowest BCUT2D eigenvalue weighted by Gasteiger charge is -2.20. The minimum Gasteiger partial charge on any atom is -0.478 e. The molecule has 1 saturated heterocycles. The molecule has 26 heavy (non-hydrogen) atoms. The Hall–Kier alpha value is -2.82. The lowest BCUT2D eigenvalue weighted by atomic mass is 9.96. The van der Waals surface area contributed by atoms with Crippen molar-refractivity contribution < 1.29 is 14.7 Å². The summed E-state index contributed by atoms with van der Waals surface area (Å²) in [6.07, 6.45) is 2.29. The highest BCUT2D eigenvalue weighted by Gasteiger charge is 2.42. The van der Waals surface area contributed by atoms with Crippen molar-refractivity contribution in [3.05, 3.63) is 65.7 Å². The molecule has 1 heterocycles. The van der Waals surface area contributed by atoms with Gasteiger partial charge in [-0.15, -0.1) is 0 Å². The molecule has 2 unspecified atom stereocenters. The molecule has 1 aliphatic heterocycles. The number of likely N-dealkylation sites (tertiary alicyclic amines) is 1. The minimum absolute atomic E-state index is 0.0984. The summed E-state index contributed by atoms with van der Waals surface area (Å²) in [5.74, 6) is 0.781. The largest absolute Gasteiger partial charge is 0.478 e. The first-order valence-corrected chi connectivity index (χ1v) is 9.04. The Morgan fingerprint density at radius 3 is 2.12 bits per heavy atom. The third kappa shape index (κ3) is 3.29. The number of hydrogen-bond acceptors (Lipinski definition) is 2. The van der Waals surface area contributed by atoms with E-state index >= 15 is 0 Å². The van der Waals surface area contributed by atoms with E-state index in [0.29, 0.717) is 23.4 Å². The highest BCUT2D eigenvalue weighted by Crippen LogP contribution is 2.46. The van der Waals surface area contributed by atoms with Crippen molar-refractivity contribution in [2.24, 2.45) is 11.8 Å². The van der Waals surface area contributed by atoms with Gasteiger partial charge in [0.05, 0.1) is 5.56 Å². The molecule has 0 radical (unpaired) electrons. The van der Waals surface area contributed by atoms with Crippen molar-refractivity contribution in [1.29, 1.82) is 0 Å². The molecule has 5 heteroatoms. The SMILES string of the molecule is O=C(O)c1ccc(NC(=O)N2CC3CC(c4ccccc4)CC3C2)cc1. The summed E-state index contributed by atoms with van der Waals surface area (Å²) >= 11 is 0. The van der Waals surface area contributed by atoms with E-state index in [2.05, 4.69) is 29.6 Å². The van der Waals surface area contributed by atoms with Gasteiger partial charge in [-0.25, -0.2) is 9.59 Å². The number of urea groups is 1. The van der Waals surface area contributed by atoms with Crippen molar-refractivity contribution in [2.45, 2.75) is 18.8 Å². The first-order valence-electron chi connectivity index (χ1n) is 9.04. The zero-order valence-electron chi connectivity index (χ0n) is 14.5. The van der Waals surface area contributed by atoms with E-state index < -0.39 is 5.97 Å². The van der Waals surface area contributed by atoms with Crippen LogP contribution in [0.2, 0.25) is 0 Å². The Balaban J connectivity index is 1.34. The van der Waals surface area contributed by atoms with Crippen LogP contribution in [0.1, 0.15) is 34.7 Å². The minimum atomic E-state index is -0.969. The Kier molecular flexibility index (Phi) is 4.37. The summed E-state index contributed by atoms with van der Waals surface area (Å²) in [5, 5.41) is 11.8. The molecular formula is C21H22N2O3. The van der Waals surface area contributed by atoms with E-state index in [4.69, 9.17) is 5.11 Å². The van der Waals surface area contributed by atoms with Gasteiger partial charge in [-0.05, 0) is 60.4 Å². The van der Waals surface area contributed by atoms with Crippen LogP contribution in [-0.2, 0) is 0 Å². The lowest BCUT2D eigenvalue weighted by molar-refractivity contribution is 0.0697. The van der Waals surface area contributed by atoms with E-state index in [1.54, 1.807) is 12.1 Å². The number of rotatable bonds is 3. The summed E-state index contributed by atoms with van der Waals surface area (Å²) in [7, 11) is 0. The quantitative estimate of drug-likeness (QED) is 0.878. The molecule has 2 N–H and O–H groups in total. The number of benzene rings is 2. The van der Waals surface area contributed by atoms with Crippen LogP contribution in [0, 0.1) is 11.8 Å². The zero-order valence-corrected chi connectivity index (χ0v) is 14.5. The van der Waals surface area contributed by atoms with Crippen LogP contribution < -0.4 is 5.32 Å². The molecule has 134 valence electrons. The van der Waals surface area contributed by atoms with Gasteiger partial charge < -0.3 is 15.3 Å². The lowest BCUT2D eigenvalue weighted by Crippen LogP contribution is -2.33. The van der Waals surface area contributed by atoms with Crippen LogP contribution in [0.3, 0.4) is 0 Å². The van der Waals surface area contributed by atoms with Gasteiger partial charge >= 0.3 is 12.0 Å². The van der Waals surface area contributed by atoms with Crippen molar-refractivity contribution in [1.82, 2.24) is 4.90 Å². The first-order chi connectivity index (χ1) is 12.6. The van der Waals surface area contributed by atoms with Crippen molar-refractivity contribution >= 4 is 17.7 Å². The van der Waals surface area contributed by atoms with Crippen LogP contribution in [0.4, 0.5) is 10.5 Å². The average Bonchev–Trinajstić information content (AvgIpc) is 3.22. The molecule has 2 aliphatic rings. The van der Waals surface area contributed by atoms with Crippen LogP contribution >= 0.6 is 0 Å². The summed E-state index contributed by atoms with van der Waals surface area (Å²) < 4.78 is 0. The second-order valence-electron chi connectivity index (χ2n) is 7.32. The normalized spacial score (nSPS) is 24.3. The summed E-state index contributed by atoms with van der Waals surface area (Å²) in [6, 6.07) is 16.8. The van der Waals surface area contributed by atoms with Crippen molar-refractivity contribution in [3.8, 4) is 0 Å². The number of carbonyl (C=O) groups is 2. The number of amides is 2. The van der Waals surface area contributed by atoms with Gasteiger partial charge in [0, 0.05) is 18.8 Å². The predicted molar refractivity (Wildman–Crippen MR) is 99.4 cm³/mol. The molecule has 5 nitrogen and oxygen atoms in total. The summed E-state index contributed by atoms with van der Waals surface area (Å²) in [4.78, 5) is 25.3. The van der Waals surface area contributed by atoms with E-state index in [1.165, 1.54) is 17.7 Å². The Morgan fingerprint density at radius 2 is 1.54 bits per heavy atom. The van der Waals surface area contributed by atoms with Gasteiger partial charge in [-0.3, -0.25) is 0 Å². The number of carbonyl (C=O) groups excluding carboxylic acids is 1. The van der Waals surface area contributed by atoms with Crippen LogP contribution in [0.5, 0.6) is 0 Å². The van der Waals surface area contributed by atoms with Gasteiger partial charge in [0.2, 0.25) is 0 Å². The standard InChI is InChI=1S/C21H22N2O3/c24-20(25)15-6-8-19(9-7-15)22-21(26)23-12-17-10-16(11-18(17)13-23)14-4-2-1-3-5-14/h1-9,16-18H,10-13H2,(H,22,26)(H,24,25). The monoisotopic (exact) mass is 350 g/mol. The van der Waals surface area contributed by atoms with Crippen LogP contribution in [0.25, 0.3) is 0 Å². The number of carboxylic acid groups (broad SMARTS) is 1. The maximum Gasteiger partial charge on any atom is 0.335 e. The van der Waals surface area contributed by atoms with E-state index in [0.717, 1.165) is 25.9 Å². The molecule has 0 bridgehead atoms. The van der Waals surface area contributed by atoms with E-state index in [9.17, 15) is 9.59 Å². The number of carboxylic acids is 1. The molecule has 2 atom stereocenters. The maximum atomic E-state index is 12.5. The second-order valence-corrected chi connectivity index (χ2v) is 7.32. The third-order valence-corrected chi connectivity index (χ3v) is 5.69. The molecule has 2 amide bonds. The Bertz CT molecular complexity index is 790. The van der Waals surface area contributed by atoms with Crippen molar-refractivity contribution in [3.63, 3.8) is 0 Å². The molecule has 1 aliphatic carbocycles. The molecule has 2 aromatic carbocycles. The number of nitrogens with one attached hydrogen (secondary N) is 1. The van der Waals surface area contributed by atoms with E-state index in [-0.39, 0.29) is 11.6 Å². The topological polar surface area (TPSA) is 69.6 Å². The van der Waals surface area contributed by atoms with Gasteiger partial charge in [0.15, 0.2) is 0 Å². The average molecular weight is 350 g/mol. The Morgan fingerprint density at radius 1 is 0.923 bits per heavy atom. The fourth-order valence-corrected chi connectivity index (χ4v) is 4.36. The van der Waals surface area contributed by atoms with Gasteiger partial charge in [-0.2, -0.15) is 0 Å². The fourth-order valence-electron chi connectivity index (χ4n) is 4.36. The number of anilines is 1. The molecule has 2 aromatic rings. The summed E-state index contributed by atoms with van der Waals surface area (Å²) in [6.45, 7) is 1.60. The molecule has 2 fully saturated rings. The molecular weight excluding hydrogens is 328 g/mol. The van der Waals surface area contributed by atoms with Gasteiger partial charge in [0.25, 0.3) is 0 Å². The number of hydrogen-bond donors (Lipinski definition) is 2. The second kappa shape index (κ2) is 6.83. The number of fused-ring (bicyclic) bond motifs is 1. The Labute approximate surface area is 152 Å². The smallest absolute Gasteiger partial charge is 0.335 e. The highest BCUT2D eigenvalue weighted by molar-refractivity contribution is 5.91. The van der Waals surface area contributed by atoms with E-state index in [1.807, 2.05) is 11.0 Å². The molecule has 4 rings (SSSR count). The van der Waals surface area contributed by atoms with Gasteiger partial charge in [0.1, 0.15) is 0 Å². The van der Waals surface area contributed by atoms with Crippen LogP contribution in [0.15, 0.2) is 54.6 Å². The van der Waals surface area contributed by atoms with Crippen molar-refractivity contribution in [2.75, 3.05) is 18.4 Å².